The third kappa shape index (κ3) is 3.52. The summed E-state index contributed by atoms with van der Waals surface area (Å²) in [6.07, 6.45) is 7.93. The topological polar surface area (TPSA) is 15.3 Å². The second-order valence-corrected chi connectivity index (χ2v) is 4.84. The molecule has 15 heavy (non-hydrogen) atoms. The molecule has 0 spiro atoms. The maximum absolute atomic E-state index is 5.43. The Labute approximate surface area is 94.4 Å². The van der Waals surface area contributed by atoms with Crippen LogP contribution < -0.4 is 5.32 Å². The van der Waals surface area contributed by atoms with Crippen molar-refractivity contribution in [2.24, 2.45) is 5.92 Å². The molecule has 0 saturated carbocycles. The van der Waals surface area contributed by atoms with Gasteiger partial charge in [0.25, 0.3) is 0 Å². The molecule has 2 heteroatoms. The van der Waals surface area contributed by atoms with Gasteiger partial charge in [-0.05, 0) is 12.3 Å². The van der Waals surface area contributed by atoms with Crippen molar-refractivity contribution in [1.82, 2.24) is 10.2 Å². The Bertz CT molecular complexity index is 217. The van der Waals surface area contributed by atoms with Crippen LogP contribution in [-0.4, -0.2) is 36.6 Å². The predicted molar refractivity (Wildman–Crippen MR) is 65.7 cm³/mol. The van der Waals surface area contributed by atoms with Gasteiger partial charge in [-0.15, -0.1) is 6.42 Å². The van der Waals surface area contributed by atoms with Crippen molar-refractivity contribution in [3.63, 3.8) is 0 Å². The van der Waals surface area contributed by atoms with E-state index in [2.05, 4.69) is 36.9 Å². The monoisotopic (exact) mass is 208 g/mol. The van der Waals surface area contributed by atoms with Crippen LogP contribution in [0.1, 0.15) is 33.6 Å². The van der Waals surface area contributed by atoms with E-state index in [1.807, 2.05) is 0 Å². The highest BCUT2D eigenvalue weighted by atomic mass is 15.2. The second kappa shape index (κ2) is 6.15. The van der Waals surface area contributed by atoms with Crippen LogP contribution in [0.2, 0.25) is 0 Å². The van der Waals surface area contributed by atoms with Crippen LogP contribution in [-0.2, 0) is 0 Å². The zero-order valence-electron chi connectivity index (χ0n) is 10.3. The number of rotatable bonds is 4. The Morgan fingerprint density at radius 1 is 1.53 bits per heavy atom. The first kappa shape index (κ1) is 12.5. The molecule has 0 bridgehead atoms. The van der Waals surface area contributed by atoms with Gasteiger partial charge in [-0.1, -0.05) is 33.1 Å². The molecule has 0 amide bonds. The Morgan fingerprint density at radius 2 is 2.27 bits per heavy atom. The van der Waals surface area contributed by atoms with Crippen molar-refractivity contribution in [2.45, 2.75) is 45.7 Å². The summed E-state index contributed by atoms with van der Waals surface area (Å²) in [6.45, 7) is 9.78. The van der Waals surface area contributed by atoms with Gasteiger partial charge in [0, 0.05) is 25.2 Å². The van der Waals surface area contributed by atoms with E-state index in [4.69, 9.17) is 6.42 Å². The van der Waals surface area contributed by atoms with E-state index in [0.29, 0.717) is 18.0 Å². The lowest BCUT2D eigenvalue weighted by Gasteiger charge is -2.41. The summed E-state index contributed by atoms with van der Waals surface area (Å²) < 4.78 is 0. The van der Waals surface area contributed by atoms with Crippen LogP contribution in [0.25, 0.3) is 0 Å². The Morgan fingerprint density at radius 3 is 2.80 bits per heavy atom. The molecule has 86 valence electrons. The molecule has 1 N–H and O–H groups in total. The molecule has 0 aliphatic carbocycles. The molecule has 1 rings (SSSR count). The van der Waals surface area contributed by atoms with Crippen LogP contribution >= 0.6 is 0 Å². The summed E-state index contributed by atoms with van der Waals surface area (Å²) in [6, 6.07) is 1.24. The van der Waals surface area contributed by atoms with Crippen molar-refractivity contribution >= 4 is 0 Å². The molecular formula is C13H24N2. The highest BCUT2D eigenvalue weighted by Gasteiger charge is 2.28. The Balaban J connectivity index is 2.53. The number of terminal acetylenes is 1. The van der Waals surface area contributed by atoms with Crippen LogP contribution in [0.3, 0.4) is 0 Å². The lowest BCUT2D eigenvalue weighted by molar-refractivity contribution is 0.110. The number of hydrogen-bond donors (Lipinski definition) is 1. The third-order valence-electron chi connectivity index (χ3n) is 3.24. The van der Waals surface area contributed by atoms with E-state index in [1.54, 1.807) is 0 Å². The van der Waals surface area contributed by atoms with Gasteiger partial charge in [0.1, 0.15) is 0 Å². The first-order valence-electron chi connectivity index (χ1n) is 6.09. The molecule has 0 aromatic heterocycles. The lowest BCUT2D eigenvalue weighted by atomic mass is 9.97. The summed E-state index contributed by atoms with van der Waals surface area (Å²) in [7, 11) is 0. The zero-order valence-corrected chi connectivity index (χ0v) is 10.3. The maximum Gasteiger partial charge on any atom is 0.0602 e. The van der Waals surface area contributed by atoms with Crippen molar-refractivity contribution < 1.29 is 0 Å². The molecule has 1 aliphatic heterocycles. The average Bonchev–Trinajstić information content (AvgIpc) is 2.18. The fourth-order valence-corrected chi connectivity index (χ4v) is 2.40. The average molecular weight is 208 g/mol. The molecular weight excluding hydrogens is 184 g/mol. The fourth-order valence-electron chi connectivity index (χ4n) is 2.40. The van der Waals surface area contributed by atoms with E-state index in [-0.39, 0.29) is 0 Å². The largest absolute Gasteiger partial charge is 0.311 e. The third-order valence-corrected chi connectivity index (χ3v) is 3.24. The number of nitrogens with zero attached hydrogens (tertiary/aromatic N) is 1. The molecule has 1 fully saturated rings. The molecule has 2 unspecified atom stereocenters. The second-order valence-electron chi connectivity index (χ2n) is 4.84. The van der Waals surface area contributed by atoms with Crippen molar-refractivity contribution in [3.05, 3.63) is 0 Å². The van der Waals surface area contributed by atoms with Crippen LogP contribution in [0.4, 0.5) is 0 Å². The van der Waals surface area contributed by atoms with E-state index >= 15 is 0 Å². The molecule has 1 saturated heterocycles. The summed E-state index contributed by atoms with van der Waals surface area (Å²) in [5.74, 6) is 3.46. The summed E-state index contributed by atoms with van der Waals surface area (Å²) in [4.78, 5) is 2.46. The molecule has 2 atom stereocenters. The van der Waals surface area contributed by atoms with Gasteiger partial charge in [-0.25, -0.2) is 0 Å². The molecule has 2 nitrogen and oxygen atoms in total. The number of piperazine rings is 1. The maximum atomic E-state index is 5.43. The highest BCUT2D eigenvalue weighted by molar-refractivity contribution is 4.95. The minimum absolute atomic E-state index is 0.606. The minimum Gasteiger partial charge on any atom is -0.311 e. The van der Waals surface area contributed by atoms with Crippen molar-refractivity contribution in [3.8, 4) is 12.3 Å². The quantitative estimate of drug-likeness (QED) is 0.708. The summed E-state index contributed by atoms with van der Waals surface area (Å²) in [5.41, 5.74) is 0. The van der Waals surface area contributed by atoms with Gasteiger partial charge in [0.2, 0.25) is 0 Å². The molecule has 0 radical (unpaired) electrons. The SMILES string of the molecule is C#CCN1CC(CCC)NCC1C(C)C. The number of hydrogen-bond acceptors (Lipinski definition) is 2. The van der Waals surface area contributed by atoms with E-state index in [1.165, 1.54) is 12.8 Å². The summed E-state index contributed by atoms with van der Waals surface area (Å²) in [5, 5.41) is 3.63. The van der Waals surface area contributed by atoms with Crippen molar-refractivity contribution in [1.29, 1.82) is 0 Å². The van der Waals surface area contributed by atoms with E-state index < -0.39 is 0 Å². The Hall–Kier alpha value is -0.520. The van der Waals surface area contributed by atoms with Crippen molar-refractivity contribution in [2.75, 3.05) is 19.6 Å². The standard InChI is InChI=1S/C13H24N2/c1-5-7-12-10-15(8-6-2)13(9-14-12)11(3)4/h2,11-14H,5,7-10H2,1,3-4H3. The van der Waals surface area contributed by atoms with Gasteiger partial charge in [-0.3, -0.25) is 4.90 Å². The first-order valence-corrected chi connectivity index (χ1v) is 6.09. The highest BCUT2D eigenvalue weighted by Crippen LogP contribution is 2.16. The first-order chi connectivity index (χ1) is 7.19. The van der Waals surface area contributed by atoms with Gasteiger partial charge < -0.3 is 5.32 Å². The van der Waals surface area contributed by atoms with E-state index in [9.17, 15) is 0 Å². The van der Waals surface area contributed by atoms with E-state index in [0.717, 1.165) is 19.6 Å². The Kier molecular flexibility index (Phi) is 5.14. The summed E-state index contributed by atoms with van der Waals surface area (Å²) >= 11 is 0. The molecule has 1 heterocycles. The van der Waals surface area contributed by atoms with Gasteiger partial charge in [-0.2, -0.15) is 0 Å². The normalized spacial score (nSPS) is 27.9. The van der Waals surface area contributed by atoms with Crippen LogP contribution in [0, 0.1) is 18.3 Å². The van der Waals surface area contributed by atoms with Gasteiger partial charge in [0.15, 0.2) is 0 Å². The molecule has 0 aromatic rings. The zero-order chi connectivity index (χ0) is 11.3. The fraction of sp³-hybridized carbons (Fsp3) is 0.846. The van der Waals surface area contributed by atoms with Crippen LogP contribution in [0.15, 0.2) is 0 Å². The lowest BCUT2D eigenvalue weighted by Crippen LogP contribution is -2.58. The van der Waals surface area contributed by atoms with Gasteiger partial charge >= 0.3 is 0 Å². The minimum atomic E-state index is 0.606. The van der Waals surface area contributed by atoms with Gasteiger partial charge in [0.05, 0.1) is 6.54 Å². The van der Waals surface area contributed by atoms with Crippen LogP contribution in [0.5, 0.6) is 0 Å². The predicted octanol–water partition coefficient (Wildman–Crippen LogP) is 1.72. The molecule has 1 aliphatic rings. The smallest absolute Gasteiger partial charge is 0.0602 e. The molecule has 0 aromatic carbocycles. The number of nitrogens with one attached hydrogen (secondary N) is 1.